The van der Waals surface area contributed by atoms with Crippen LogP contribution in [0.3, 0.4) is 0 Å². The van der Waals surface area contributed by atoms with Gasteiger partial charge in [0.1, 0.15) is 5.69 Å². The van der Waals surface area contributed by atoms with Gasteiger partial charge in [-0.2, -0.15) is 9.40 Å². The molecule has 0 spiro atoms. The lowest BCUT2D eigenvalue weighted by Gasteiger charge is -2.38. The SMILES string of the molecule is CCCCN1CCN(C(=O)[C@H]2CCCN(S(=O)(=O)c3ccc(-c4ccn[nH]4)o3)C2)CC1. The number of carbonyl (C=O) groups excluding carboxylic acids is 1. The van der Waals surface area contributed by atoms with E-state index in [1.54, 1.807) is 18.3 Å². The van der Waals surface area contributed by atoms with Crippen LogP contribution in [0.2, 0.25) is 0 Å². The van der Waals surface area contributed by atoms with Gasteiger partial charge in [-0.1, -0.05) is 13.3 Å². The molecule has 2 aromatic heterocycles. The first-order valence-corrected chi connectivity index (χ1v) is 12.5. The maximum absolute atomic E-state index is 13.1. The van der Waals surface area contributed by atoms with Crippen molar-refractivity contribution in [2.75, 3.05) is 45.8 Å². The first-order valence-electron chi connectivity index (χ1n) is 11.1. The second-order valence-electron chi connectivity index (χ2n) is 8.31. The standard InChI is InChI=1S/C21H31N5O4S/c1-2-3-10-24-12-14-25(15-13-24)21(27)17-5-4-11-26(16-17)31(28,29)20-7-6-19(30-20)18-8-9-22-23-18/h6-9,17H,2-5,10-16H2,1H3,(H,22,23)/t17-/m0/s1. The van der Waals surface area contributed by atoms with E-state index in [0.29, 0.717) is 24.4 Å². The summed E-state index contributed by atoms with van der Waals surface area (Å²) in [7, 11) is -3.80. The first-order chi connectivity index (χ1) is 15.0. The van der Waals surface area contributed by atoms with Crippen LogP contribution in [0.4, 0.5) is 0 Å². The number of aromatic amines is 1. The summed E-state index contributed by atoms with van der Waals surface area (Å²) >= 11 is 0. The van der Waals surface area contributed by atoms with Gasteiger partial charge in [-0.25, -0.2) is 8.42 Å². The zero-order valence-electron chi connectivity index (χ0n) is 18.0. The second-order valence-corrected chi connectivity index (χ2v) is 10.2. The predicted molar refractivity (Wildman–Crippen MR) is 116 cm³/mol. The molecule has 31 heavy (non-hydrogen) atoms. The molecular weight excluding hydrogens is 418 g/mol. The van der Waals surface area contributed by atoms with Crippen LogP contribution >= 0.6 is 0 Å². The van der Waals surface area contributed by atoms with Crippen LogP contribution in [-0.4, -0.2) is 84.4 Å². The van der Waals surface area contributed by atoms with E-state index < -0.39 is 10.0 Å². The van der Waals surface area contributed by atoms with Gasteiger partial charge in [0.25, 0.3) is 10.0 Å². The molecule has 170 valence electrons. The van der Waals surface area contributed by atoms with Gasteiger partial charge in [-0.05, 0) is 44.0 Å². The number of nitrogens with zero attached hydrogens (tertiary/aromatic N) is 4. The fraction of sp³-hybridized carbons (Fsp3) is 0.619. The minimum absolute atomic E-state index is 0.0765. The van der Waals surface area contributed by atoms with Crippen LogP contribution in [0.1, 0.15) is 32.6 Å². The van der Waals surface area contributed by atoms with Crippen molar-refractivity contribution >= 4 is 15.9 Å². The maximum atomic E-state index is 13.1. The number of piperazine rings is 1. The van der Waals surface area contributed by atoms with Crippen LogP contribution < -0.4 is 0 Å². The predicted octanol–water partition coefficient (Wildman–Crippen LogP) is 2.01. The van der Waals surface area contributed by atoms with E-state index in [9.17, 15) is 13.2 Å². The highest BCUT2D eigenvalue weighted by molar-refractivity contribution is 7.89. The van der Waals surface area contributed by atoms with Gasteiger partial charge in [-0.3, -0.25) is 14.8 Å². The Morgan fingerprint density at radius 3 is 2.71 bits per heavy atom. The Kier molecular flexibility index (Phi) is 6.78. The van der Waals surface area contributed by atoms with E-state index >= 15 is 0 Å². The molecule has 1 amide bonds. The molecule has 4 heterocycles. The summed E-state index contributed by atoms with van der Waals surface area (Å²) in [5, 5.41) is 6.53. The largest absolute Gasteiger partial charge is 0.442 e. The average molecular weight is 450 g/mol. The van der Waals surface area contributed by atoms with E-state index in [2.05, 4.69) is 22.0 Å². The number of furan rings is 1. The van der Waals surface area contributed by atoms with Crippen molar-refractivity contribution in [3.05, 3.63) is 24.4 Å². The first kappa shape index (κ1) is 22.0. The van der Waals surface area contributed by atoms with E-state index in [-0.39, 0.29) is 23.5 Å². The third-order valence-corrected chi connectivity index (χ3v) is 7.93. The lowest BCUT2D eigenvalue weighted by Crippen LogP contribution is -2.53. The number of H-pyrrole nitrogens is 1. The molecule has 2 fully saturated rings. The summed E-state index contributed by atoms with van der Waals surface area (Å²) < 4.78 is 33.3. The van der Waals surface area contributed by atoms with Crippen LogP contribution in [0.15, 0.2) is 33.9 Å². The highest BCUT2D eigenvalue weighted by atomic mass is 32.2. The molecule has 0 bridgehead atoms. The Morgan fingerprint density at radius 2 is 2.00 bits per heavy atom. The number of hydrogen-bond donors (Lipinski definition) is 1. The molecule has 4 rings (SSSR count). The fourth-order valence-electron chi connectivity index (χ4n) is 4.32. The molecule has 0 unspecified atom stereocenters. The highest BCUT2D eigenvalue weighted by Crippen LogP contribution is 2.28. The molecule has 0 aromatic carbocycles. The molecule has 1 N–H and O–H groups in total. The molecule has 2 saturated heterocycles. The minimum Gasteiger partial charge on any atom is -0.442 e. The average Bonchev–Trinajstić information content (AvgIpc) is 3.50. The molecule has 0 radical (unpaired) electrons. The van der Waals surface area contributed by atoms with Crippen LogP contribution in [0.25, 0.3) is 11.5 Å². The van der Waals surface area contributed by atoms with Crippen molar-refractivity contribution in [2.24, 2.45) is 5.92 Å². The van der Waals surface area contributed by atoms with Gasteiger partial charge < -0.3 is 9.32 Å². The smallest absolute Gasteiger partial charge is 0.276 e. The molecule has 9 nitrogen and oxygen atoms in total. The summed E-state index contributed by atoms with van der Waals surface area (Å²) in [6.45, 7) is 7.09. The van der Waals surface area contributed by atoms with Gasteiger partial charge in [0.15, 0.2) is 5.76 Å². The van der Waals surface area contributed by atoms with Gasteiger partial charge >= 0.3 is 0 Å². The number of carbonyl (C=O) groups is 1. The third kappa shape index (κ3) is 4.86. The minimum atomic E-state index is -3.80. The Morgan fingerprint density at radius 1 is 1.19 bits per heavy atom. The monoisotopic (exact) mass is 449 g/mol. The van der Waals surface area contributed by atoms with E-state index in [0.717, 1.165) is 39.1 Å². The van der Waals surface area contributed by atoms with Crippen molar-refractivity contribution in [3.63, 3.8) is 0 Å². The molecule has 2 aliphatic rings. The maximum Gasteiger partial charge on any atom is 0.276 e. The van der Waals surface area contributed by atoms with Gasteiger partial charge in [0.2, 0.25) is 11.0 Å². The number of aromatic nitrogens is 2. The molecule has 1 atom stereocenters. The number of unbranched alkanes of at least 4 members (excludes halogenated alkanes) is 1. The van der Waals surface area contributed by atoms with Crippen molar-refractivity contribution in [3.8, 4) is 11.5 Å². The Bertz CT molecular complexity index is 964. The van der Waals surface area contributed by atoms with E-state index in [4.69, 9.17) is 4.42 Å². The van der Waals surface area contributed by atoms with Crippen molar-refractivity contribution in [2.45, 2.75) is 37.7 Å². The van der Waals surface area contributed by atoms with Crippen molar-refractivity contribution in [1.29, 1.82) is 0 Å². The van der Waals surface area contributed by atoms with Crippen LogP contribution in [0.5, 0.6) is 0 Å². The highest BCUT2D eigenvalue weighted by Gasteiger charge is 2.37. The molecule has 2 aromatic rings. The second kappa shape index (κ2) is 9.54. The summed E-state index contributed by atoms with van der Waals surface area (Å²) in [6, 6.07) is 4.80. The zero-order chi connectivity index (χ0) is 21.8. The van der Waals surface area contributed by atoms with Crippen LogP contribution in [-0.2, 0) is 14.8 Å². The molecular formula is C21H31N5O4S. The summed E-state index contributed by atoms with van der Waals surface area (Å²) in [5.74, 6) is 0.196. The Balaban J connectivity index is 1.38. The lowest BCUT2D eigenvalue weighted by atomic mass is 9.97. The number of piperidine rings is 1. The number of hydrogen-bond acceptors (Lipinski definition) is 6. The van der Waals surface area contributed by atoms with Gasteiger partial charge in [-0.15, -0.1) is 0 Å². The van der Waals surface area contributed by atoms with Crippen molar-refractivity contribution < 1.29 is 17.6 Å². The quantitative estimate of drug-likeness (QED) is 0.694. The number of sulfonamides is 1. The summed E-state index contributed by atoms with van der Waals surface area (Å²) in [4.78, 5) is 17.4. The Hall–Kier alpha value is -2.17. The number of rotatable bonds is 7. The third-order valence-electron chi connectivity index (χ3n) is 6.19. The van der Waals surface area contributed by atoms with E-state index in [1.807, 2.05) is 4.90 Å². The van der Waals surface area contributed by atoms with Gasteiger partial charge in [0, 0.05) is 45.5 Å². The fourth-order valence-corrected chi connectivity index (χ4v) is 5.75. The zero-order valence-corrected chi connectivity index (χ0v) is 18.8. The normalized spacial score (nSPS) is 21.5. The number of nitrogens with one attached hydrogen (secondary N) is 1. The summed E-state index contributed by atoms with van der Waals surface area (Å²) in [5.41, 5.74) is 0.617. The summed E-state index contributed by atoms with van der Waals surface area (Å²) in [6.07, 6.45) is 5.32. The number of amides is 1. The lowest BCUT2D eigenvalue weighted by molar-refractivity contribution is -0.138. The molecule has 10 heteroatoms. The van der Waals surface area contributed by atoms with Crippen molar-refractivity contribution in [1.82, 2.24) is 24.3 Å². The molecule has 0 aliphatic carbocycles. The van der Waals surface area contributed by atoms with Crippen LogP contribution in [0, 0.1) is 5.92 Å². The topological polar surface area (TPSA) is 103 Å². The molecule has 0 saturated carbocycles. The van der Waals surface area contributed by atoms with E-state index in [1.165, 1.54) is 23.2 Å². The van der Waals surface area contributed by atoms with Gasteiger partial charge in [0.05, 0.1) is 5.92 Å². The molecule has 2 aliphatic heterocycles. The Labute approximate surface area is 183 Å².